The van der Waals surface area contributed by atoms with E-state index in [4.69, 9.17) is 9.47 Å². The van der Waals surface area contributed by atoms with Gasteiger partial charge >= 0.3 is 11.8 Å². The van der Waals surface area contributed by atoms with Crippen molar-refractivity contribution in [2.75, 3.05) is 40.0 Å². The molecule has 1 fully saturated rings. The summed E-state index contributed by atoms with van der Waals surface area (Å²) >= 11 is 0. The van der Waals surface area contributed by atoms with Gasteiger partial charge in [0.05, 0.1) is 26.4 Å². The number of nitrogens with one attached hydrogen (secondary N) is 2. The molecule has 0 aliphatic carbocycles. The van der Waals surface area contributed by atoms with Crippen LogP contribution >= 0.6 is 0 Å². The van der Waals surface area contributed by atoms with Gasteiger partial charge in [0.2, 0.25) is 0 Å². The lowest BCUT2D eigenvalue weighted by Crippen LogP contribution is -2.46. The molecule has 3 rings (SSSR count). The summed E-state index contributed by atoms with van der Waals surface area (Å²) in [6, 6.07) is 13.3. The first-order chi connectivity index (χ1) is 14.6. The number of amides is 2. The Balaban J connectivity index is 1.59. The Labute approximate surface area is 175 Å². The SMILES string of the molecule is COc1ccccc1CNC(=O)C(=O)NCC(c1ccc(F)cc1)N1CCOCC1. The second-order valence-electron chi connectivity index (χ2n) is 6.92. The van der Waals surface area contributed by atoms with E-state index >= 15 is 0 Å². The van der Waals surface area contributed by atoms with Crippen LogP contribution in [-0.2, 0) is 20.9 Å². The van der Waals surface area contributed by atoms with Crippen LogP contribution in [0.2, 0.25) is 0 Å². The van der Waals surface area contributed by atoms with E-state index in [1.807, 2.05) is 18.2 Å². The smallest absolute Gasteiger partial charge is 0.309 e. The molecule has 1 unspecified atom stereocenters. The largest absolute Gasteiger partial charge is 0.496 e. The predicted octanol–water partition coefficient (Wildman–Crippen LogP) is 1.64. The third-order valence-corrected chi connectivity index (χ3v) is 5.04. The highest BCUT2D eigenvalue weighted by Gasteiger charge is 2.24. The molecule has 0 bridgehead atoms. The van der Waals surface area contributed by atoms with Crippen molar-refractivity contribution in [3.63, 3.8) is 0 Å². The molecule has 8 heteroatoms. The van der Waals surface area contributed by atoms with Gasteiger partial charge in [-0.05, 0) is 23.8 Å². The van der Waals surface area contributed by atoms with Crippen molar-refractivity contribution in [1.29, 1.82) is 0 Å². The molecule has 1 saturated heterocycles. The number of carbonyl (C=O) groups excluding carboxylic acids is 2. The first-order valence-electron chi connectivity index (χ1n) is 9.83. The highest BCUT2D eigenvalue weighted by Crippen LogP contribution is 2.22. The molecule has 2 aromatic carbocycles. The van der Waals surface area contributed by atoms with E-state index in [1.54, 1.807) is 25.3 Å². The minimum Gasteiger partial charge on any atom is -0.496 e. The highest BCUT2D eigenvalue weighted by atomic mass is 19.1. The Morgan fingerprint density at radius 1 is 1.07 bits per heavy atom. The number of rotatable bonds is 7. The number of hydrogen-bond donors (Lipinski definition) is 2. The molecule has 30 heavy (non-hydrogen) atoms. The summed E-state index contributed by atoms with van der Waals surface area (Å²) in [5.41, 5.74) is 1.65. The van der Waals surface area contributed by atoms with Gasteiger partial charge in [0.15, 0.2) is 0 Å². The lowest BCUT2D eigenvalue weighted by Gasteiger charge is -2.34. The Morgan fingerprint density at radius 2 is 1.73 bits per heavy atom. The third kappa shape index (κ3) is 5.77. The highest BCUT2D eigenvalue weighted by molar-refractivity contribution is 6.35. The second kappa shape index (κ2) is 10.7. The van der Waals surface area contributed by atoms with E-state index in [1.165, 1.54) is 12.1 Å². The number of ether oxygens (including phenoxy) is 2. The summed E-state index contributed by atoms with van der Waals surface area (Å²) in [5.74, 6) is -1.12. The van der Waals surface area contributed by atoms with Crippen molar-refractivity contribution in [2.24, 2.45) is 0 Å². The fraction of sp³-hybridized carbons (Fsp3) is 0.364. The van der Waals surface area contributed by atoms with Crippen LogP contribution in [0.5, 0.6) is 5.75 Å². The van der Waals surface area contributed by atoms with Crippen LogP contribution in [0.1, 0.15) is 17.2 Å². The van der Waals surface area contributed by atoms with Gasteiger partial charge in [0.25, 0.3) is 0 Å². The molecule has 0 spiro atoms. The maximum Gasteiger partial charge on any atom is 0.309 e. The van der Waals surface area contributed by atoms with Crippen LogP contribution in [0.3, 0.4) is 0 Å². The number of hydrogen-bond acceptors (Lipinski definition) is 5. The van der Waals surface area contributed by atoms with Crippen LogP contribution in [0.25, 0.3) is 0 Å². The van der Waals surface area contributed by atoms with Crippen molar-refractivity contribution in [3.8, 4) is 5.75 Å². The molecule has 2 aromatic rings. The van der Waals surface area contributed by atoms with Crippen molar-refractivity contribution >= 4 is 11.8 Å². The molecule has 1 atom stereocenters. The molecule has 1 aliphatic heterocycles. The Hall–Kier alpha value is -2.97. The lowest BCUT2D eigenvalue weighted by molar-refractivity contribution is -0.139. The first-order valence-corrected chi connectivity index (χ1v) is 9.83. The van der Waals surface area contributed by atoms with Gasteiger partial charge in [-0.25, -0.2) is 4.39 Å². The van der Waals surface area contributed by atoms with Gasteiger partial charge in [0, 0.05) is 31.7 Å². The van der Waals surface area contributed by atoms with Crippen molar-refractivity contribution in [3.05, 3.63) is 65.5 Å². The average molecular weight is 415 g/mol. The maximum atomic E-state index is 13.3. The summed E-state index contributed by atoms with van der Waals surface area (Å²) in [6.45, 7) is 2.97. The van der Waals surface area contributed by atoms with E-state index in [9.17, 15) is 14.0 Å². The fourth-order valence-corrected chi connectivity index (χ4v) is 3.41. The minimum atomic E-state index is -0.722. The van der Waals surface area contributed by atoms with Gasteiger partial charge in [0.1, 0.15) is 11.6 Å². The maximum absolute atomic E-state index is 13.3. The van der Waals surface area contributed by atoms with E-state index in [2.05, 4.69) is 15.5 Å². The zero-order chi connectivity index (χ0) is 21.3. The van der Waals surface area contributed by atoms with E-state index in [-0.39, 0.29) is 24.9 Å². The average Bonchev–Trinajstić information content (AvgIpc) is 2.79. The van der Waals surface area contributed by atoms with E-state index < -0.39 is 11.8 Å². The molecular formula is C22H26FN3O4. The number of nitrogens with zero attached hydrogens (tertiary/aromatic N) is 1. The van der Waals surface area contributed by atoms with Crippen LogP contribution in [0.4, 0.5) is 4.39 Å². The molecule has 2 N–H and O–H groups in total. The molecule has 0 saturated carbocycles. The molecule has 0 aromatic heterocycles. The zero-order valence-corrected chi connectivity index (χ0v) is 16.9. The van der Waals surface area contributed by atoms with Gasteiger partial charge in [-0.15, -0.1) is 0 Å². The van der Waals surface area contributed by atoms with E-state index in [0.717, 1.165) is 11.1 Å². The van der Waals surface area contributed by atoms with Crippen LogP contribution in [-0.4, -0.2) is 56.7 Å². The molecule has 0 radical (unpaired) electrons. The molecule has 2 amide bonds. The van der Waals surface area contributed by atoms with Crippen LogP contribution in [0.15, 0.2) is 48.5 Å². The number of methoxy groups -OCH3 is 1. The monoisotopic (exact) mass is 415 g/mol. The quantitative estimate of drug-likeness (QED) is 0.672. The summed E-state index contributed by atoms with van der Waals surface area (Å²) in [7, 11) is 1.55. The van der Waals surface area contributed by atoms with Crippen molar-refractivity contribution < 1.29 is 23.5 Å². The van der Waals surface area contributed by atoms with Gasteiger partial charge in [-0.3, -0.25) is 14.5 Å². The minimum absolute atomic E-state index is 0.180. The Morgan fingerprint density at radius 3 is 2.43 bits per heavy atom. The molecule has 1 aliphatic rings. The topological polar surface area (TPSA) is 79.9 Å². The number of halogens is 1. The predicted molar refractivity (Wildman–Crippen MR) is 109 cm³/mol. The Kier molecular flexibility index (Phi) is 7.75. The summed E-state index contributed by atoms with van der Waals surface area (Å²) in [6.07, 6.45) is 0. The number of benzene rings is 2. The van der Waals surface area contributed by atoms with E-state index in [0.29, 0.717) is 32.1 Å². The third-order valence-electron chi connectivity index (χ3n) is 5.04. The molecule has 160 valence electrons. The molecule has 1 heterocycles. The standard InChI is InChI=1S/C22H26FN3O4/c1-29-20-5-3-2-4-17(20)14-24-21(27)22(28)25-15-19(26-10-12-30-13-11-26)16-6-8-18(23)9-7-16/h2-9,19H,10-15H2,1H3,(H,24,27)(H,25,28). The molecular weight excluding hydrogens is 389 g/mol. The number of para-hydroxylation sites is 1. The summed E-state index contributed by atoms with van der Waals surface area (Å²) < 4.78 is 24.0. The second-order valence-corrected chi connectivity index (χ2v) is 6.92. The van der Waals surface area contributed by atoms with Crippen LogP contribution < -0.4 is 15.4 Å². The van der Waals surface area contributed by atoms with Gasteiger partial charge < -0.3 is 20.1 Å². The zero-order valence-electron chi connectivity index (χ0n) is 16.9. The van der Waals surface area contributed by atoms with Crippen molar-refractivity contribution in [1.82, 2.24) is 15.5 Å². The number of morpholine rings is 1. The van der Waals surface area contributed by atoms with Gasteiger partial charge in [-0.1, -0.05) is 30.3 Å². The molecule has 7 nitrogen and oxygen atoms in total. The lowest BCUT2D eigenvalue weighted by atomic mass is 10.0. The number of carbonyl (C=O) groups is 2. The first kappa shape index (κ1) is 21.7. The fourth-order valence-electron chi connectivity index (χ4n) is 3.41. The van der Waals surface area contributed by atoms with Crippen LogP contribution in [0, 0.1) is 5.82 Å². The normalized spacial score (nSPS) is 15.3. The summed E-state index contributed by atoms with van der Waals surface area (Å²) in [4.78, 5) is 26.7. The van der Waals surface area contributed by atoms with Crippen molar-refractivity contribution in [2.45, 2.75) is 12.6 Å². The van der Waals surface area contributed by atoms with Gasteiger partial charge in [-0.2, -0.15) is 0 Å². The Bertz CT molecular complexity index is 854. The summed E-state index contributed by atoms with van der Waals surface area (Å²) in [5, 5.41) is 5.31.